The van der Waals surface area contributed by atoms with Gasteiger partial charge in [-0.2, -0.15) is 0 Å². The van der Waals surface area contributed by atoms with E-state index < -0.39 is 0 Å². The molecule has 0 radical (unpaired) electrons. The first kappa shape index (κ1) is 16.6. The lowest BCUT2D eigenvalue weighted by atomic mass is 10.1. The normalized spacial score (nSPS) is 11.8. The van der Waals surface area contributed by atoms with E-state index in [4.69, 9.17) is 0 Å². The van der Waals surface area contributed by atoms with Crippen LogP contribution in [0.25, 0.3) is 0 Å². The van der Waals surface area contributed by atoms with Crippen molar-refractivity contribution in [2.24, 2.45) is 5.92 Å². The van der Waals surface area contributed by atoms with Gasteiger partial charge in [0, 0.05) is 30.7 Å². The van der Waals surface area contributed by atoms with Crippen molar-refractivity contribution in [3.05, 3.63) is 30.3 Å². The number of amides is 1. The monoisotopic (exact) mass is 295 g/mol. The molecule has 0 saturated carbocycles. The Morgan fingerprint density at radius 1 is 1.30 bits per heavy atom. The van der Waals surface area contributed by atoms with Gasteiger partial charge in [0.25, 0.3) is 0 Å². The highest BCUT2D eigenvalue weighted by Gasteiger charge is 2.18. The fourth-order valence-electron chi connectivity index (χ4n) is 1.75. The third-order valence-electron chi connectivity index (χ3n) is 2.90. The van der Waals surface area contributed by atoms with E-state index in [1.807, 2.05) is 30.3 Å². The van der Waals surface area contributed by atoms with Crippen LogP contribution in [0, 0.1) is 5.92 Å². The van der Waals surface area contributed by atoms with Crippen LogP contribution >= 0.6 is 11.8 Å². The predicted molar refractivity (Wildman–Crippen MR) is 80.6 cm³/mol. The molecule has 0 spiro atoms. The van der Waals surface area contributed by atoms with E-state index in [9.17, 15) is 9.59 Å². The molecule has 1 rings (SSSR count). The Morgan fingerprint density at radius 3 is 2.55 bits per heavy atom. The number of methoxy groups -OCH3 is 1. The number of esters is 1. The number of hydrogen-bond donors (Lipinski definition) is 0. The summed E-state index contributed by atoms with van der Waals surface area (Å²) in [5, 5.41) is 0. The number of nitrogens with zero attached hydrogens (tertiary/aromatic N) is 1. The fourth-order valence-corrected chi connectivity index (χ4v) is 2.61. The Hall–Kier alpha value is -1.49. The van der Waals surface area contributed by atoms with Crippen molar-refractivity contribution in [2.45, 2.75) is 18.2 Å². The van der Waals surface area contributed by atoms with Crippen molar-refractivity contribution in [2.75, 3.05) is 26.5 Å². The quantitative estimate of drug-likeness (QED) is 0.572. The molecule has 0 heterocycles. The maximum atomic E-state index is 11.9. The van der Waals surface area contributed by atoms with Crippen molar-refractivity contribution in [1.29, 1.82) is 0 Å². The van der Waals surface area contributed by atoms with Crippen LogP contribution in [0.2, 0.25) is 0 Å². The zero-order valence-corrected chi connectivity index (χ0v) is 13.0. The average molecular weight is 295 g/mol. The molecule has 20 heavy (non-hydrogen) atoms. The van der Waals surface area contributed by atoms with Gasteiger partial charge in [-0.1, -0.05) is 25.1 Å². The highest BCUT2D eigenvalue weighted by molar-refractivity contribution is 7.99. The molecule has 0 aliphatic heterocycles. The number of thioether (sulfide) groups is 1. The molecule has 1 atom stereocenters. The molecule has 0 saturated heterocycles. The van der Waals surface area contributed by atoms with E-state index in [2.05, 4.69) is 4.74 Å². The number of benzene rings is 1. The lowest BCUT2D eigenvalue weighted by Gasteiger charge is -2.20. The second-order valence-electron chi connectivity index (χ2n) is 4.61. The van der Waals surface area contributed by atoms with E-state index in [1.54, 1.807) is 30.6 Å². The topological polar surface area (TPSA) is 46.6 Å². The third-order valence-corrected chi connectivity index (χ3v) is 3.92. The van der Waals surface area contributed by atoms with Crippen LogP contribution in [0.4, 0.5) is 0 Å². The lowest BCUT2D eigenvalue weighted by Crippen LogP contribution is -2.34. The van der Waals surface area contributed by atoms with Crippen LogP contribution in [-0.2, 0) is 14.3 Å². The van der Waals surface area contributed by atoms with Crippen LogP contribution in [0.3, 0.4) is 0 Å². The molecular weight excluding hydrogens is 274 g/mol. The molecule has 5 heteroatoms. The Morgan fingerprint density at radius 2 is 1.95 bits per heavy atom. The van der Waals surface area contributed by atoms with Crippen molar-refractivity contribution in [3.8, 4) is 0 Å². The van der Waals surface area contributed by atoms with Crippen LogP contribution in [-0.4, -0.2) is 43.2 Å². The standard InChI is InChI=1S/C15H21NO3S/c1-12(15(18)19-3)11-16(2)14(17)9-10-20-13-7-5-4-6-8-13/h4-8,12H,9-11H2,1-3H3. The van der Waals surface area contributed by atoms with Gasteiger partial charge < -0.3 is 9.64 Å². The summed E-state index contributed by atoms with van der Waals surface area (Å²) in [5.41, 5.74) is 0. The minimum absolute atomic E-state index is 0.0455. The van der Waals surface area contributed by atoms with Crippen LogP contribution in [0.5, 0.6) is 0 Å². The van der Waals surface area contributed by atoms with Crippen molar-refractivity contribution in [1.82, 2.24) is 4.90 Å². The van der Waals surface area contributed by atoms with E-state index in [0.29, 0.717) is 13.0 Å². The fraction of sp³-hybridized carbons (Fsp3) is 0.467. The summed E-state index contributed by atoms with van der Waals surface area (Å²) in [5.74, 6) is 0.197. The molecule has 1 aromatic carbocycles. The van der Waals surface area contributed by atoms with Crippen LogP contribution in [0.15, 0.2) is 35.2 Å². The summed E-state index contributed by atoms with van der Waals surface area (Å²) < 4.78 is 4.65. The Labute approximate surface area is 124 Å². The Kier molecular flexibility index (Phi) is 7.15. The summed E-state index contributed by atoms with van der Waals surface area (Å²) in [6.45, 7) is 2.15. The van der Waals surface area contributed by atoms with E-state index >= 15 is 0 Å². The summed E-state index contributed by atoms with van der Waals surface area (Å²) >= 11 is 1.66. The molecule has 0 aromatic heterocycles. The van der Waals surface area contributed by atoms with Gasteiger partial charge in [0.15, 0.2) is 0 Å². The van der Waals surface area contributed by atoms with Crippen molar-refractivity contribution in [3.63, 3.8) is 0 Å². The Bertz CT molecular complexity index is 436. The molecule has 0 N–H and O–H groups in total. The zero-order valence-electron chi connectivity index (χ0n) is 12.2. The number of hydrogen-bond acceptors (Lipinski definition) is 4. The zero-order chi connectivity index (χ0) is 15.0. The van der Waals surface area contributed by atoms with Crippen molar-refractivity contribution < 1.29 is 14.3 Å². The number of rotatable bonds is 7. The van der Waals surface area contributed by atoms with Gasteiger partial charge in [-0.3, -0.25) is 9.59 Å². The van der Waals surface area contributed by atoms with E-state index in [-0.39, 0.29) is 17.8 Å². The predicted octanol–water partition coefficient (Wildman–Crippen LogP) is 2.44. The molecule has 110 valence electrons. The SMILES string of the molecule is COC(=O)C(C)CN(C)C(=O)CCSc1ccccc1. The number of ether oxygens (including phenoxy) is 1. The first-order valence-corrected chi connectivity index (χ1v) is 7.52. The largest absolute Gasteiger partial charge is 0.469 e. The number of carbonyl (C=O) groups excluding carboxylic acids is 2. The van der Waals surface area contributed by atoms with Gasteiger partial charge in [-0.15, -0.1) is 11.8 Å². The lowest BCUT2D eigenvalue weighted by molar-refractivity contribution is -0.146. The van der Waals surface area contributed by atoms with Gasteiger partial charge in [-0.05, 0) is 12.1 Å². The first-order valence-electron chi connectivity index (χ1n) is 6.54. The smallest absolute Gasteiger partial charge is 0.310 e. The third kappa shape index (κ3) is 5.65. The van der Waals surface area contributed by atoms with Gasteiger partial charge in [0.1, 0.15) is 0 Å². The average Bonchev–Trinajstić information content (AvgIpc) is 2.47. The molecule has 4 nitrogen and oxygen atoms in total. The Balaban J connectivity index is 2.30. The van der Waals surface area contributed by atoms with Gasteiger partial charge >= 0.3 is 5.97 Å². The molecule has 0 aliphatic carbocycles. The molecule has 0 bridgehead atoms. The molecular formula is C15H21NO3S. The minimum Gasteiger partial charge on any atom is -0.469 e. The van der Waals surface area contributed by atoms with Gasteiger partial charge in [0.05, 0.1) is 13.0 Å². The van der Waals surface area contributed by atoms with Crippen molar-refractivity contribution >= 4 is 23.6 Å². The van der Waals surface area contributed by atoms with E-state index in [0.717, 1.165) is 10.6 Å². The number of carbonyl (C=O) groups is 2. The molecule has 0 fully saturated rings. The molecule has 0 aliphatic rings. The molecule has 1 amide bonds. The summed E-state index contributed by atoms with van der Waals surface area (Å²) in [4.78, 5) is 26.0. The van der Waals surface area contributed by atoms with Gasteiger partial charge in [0.2, 0.25) is 5.91 Å². The molecule has 1 aromatic rings. The van der Waals surface area contributed by atoms with Gasteiger partial charge in [-0.25, -0.2) is 0 Å². The van der Waals surface area contributed by atoms with Crippen LogP contribution in [0.1, 0.15) is 13.3 Å². The highest BCUT2D eigenvalue weighted by Crippen LogP contribution is 2.18. The van der Waals surface area contributed by atoms with E-state index in [1.165, 1.54) is 7.11 Å². The second kappa shape index (κ2) is 8.64. The maximum Gasteiger partial charge on any atom is 0.310 e. The summed E-state index contributed by atoms with van der Waals surface area (Å²) in [6, 6.07) is 9.98. The first-order chi connectivity index (χ1) is 9.54. The van der Waals surface area contributed by atoms with Crippen LogP contribution < -0.4 is 0 Å². The minimum atomic E-state index is -0.296. The highest BCUT2D eigenvalue weighted by atomic mass is 32.2. The summed E-state index contributed by atoms with van der Waals surface area (Å²) in [6.07, 6.45) is 0.462. The molecule has 1 unspecified atom stereocenters. The second-order valence-corrected chi connectivity index (χ2v) is 5.78. The summed E-state index contributed by atoms with van der Waals surface area (Å²) in [7, 11) is 3.08. The maximum absolute atomic E-state index is 11.9.